The zero-order chi connectivity index (χ0) is 17.2. The Hall–Kier alpha value is -1.83. The Kier molecular flexibility index (Phi) is 5.13. The lowest BCUT2D eigenvalue weighted by atomic mass is 9.95. The number of aryl methyl sites for hydroxylation is 2. The van der Waals surface area contributed by atoms with Crippen molar-refractivity contribution in [2.75, 3.05) is 25.0 Å². The van der Waals surface area contributed by atoms with Crippen molar-refractivity contribution in [2.24, 2.45) is 13.0 Å². The zero-order valence-electron chi connectivity index (χ0n) is 13.1. The molecule has 8 heteroatoms. The van der Waals surface area contributed by atoms with Crippen molar-refractivity contribution < 1.29 is 18.0 Å². The summed E-state index contributed by atoms with van der Waals surface area (Å²) in [7, 11) is 1.59. The van der Waals surface area contributed by atoms with Crippen LogP contribution in [-0.2, 0) is 11.8 Å². The first-order valence-electron chi connectivity index (χ1n) is 7.43. The van der Waals surface area contributed by atoms with Crippen molar-refractivity contribution in [1.82, 2.24) is 9.47 Å². The average molecular weight is 331 g/mol. The van der Waals surface area contributed by atoms with Gasteiger partial charge in [-0.2, -0.15) is 13.2 Å². The number of hydrogen-bond acceptors (Lipinski definition) is 3. The molecule has 1 fully saturated rings. The number of nitrogens with one attached hydrogen (secondary N) is 1. The molecule has 2 rings (SSSR count). The van der Waals surface area contributed by atoms with Crippen LogP contribution in [0.2, 0.25) is 0 Å². The number of carbonyl (C=O) groups excluding carboxylic acids is 1. The summed E-state index contributed by atoms with van der Waals surface area (Å²) < 4.78 is 38.4. The first kappa shape index (κ1) is 17.5. The van der Waals surface area contributed by atoms with Crippen LogP contribution in [0.5, 0.6) is 0 Å². The Labute approximate surface area is 132 Å². The number of halogens is 3. The number of amides is 1. The van der Waals surface area contributed by atoms with Crippen molar-refractivity contribution in [1.29, 1.82) is 0 Å². The predicted octanol–water partition coefficient (Wildman–Crippen LogP) is 1.91. The van der Waals surface area contributed by atoms with Crippen molar-refractivity contribution in [3.63, 3.8) is 0 Å². The Morgan fingerprint density at radius 1 is 1.35 bits per heavy atom. The number of aromatic nitrogens is 1. The maximum atomic E-state index is 12.4. The second-order valence-corrected chi connectivity index (χ2v) is 5.94. The van der Waals surface area contributed by atoms with Crippen LogP contribution in [0, 0.1) is 12.8 Å². The normalized spacial score (nSPS) is 17.3. The topological polar surface area (TPSA) is 54.3 Å². The largest absolute Gasteiger partial charge is 0.401 e. The van der Waals surface area contributed by atoms with Gasteiger partial charge in [-0.1, -0.05) is 0 Å². The molecule has 1 aromatic heterocycles. The van der Waals surface area contributed by atoms with E-state index < -0.39 is 12.7 Å². The van der Waals surface area contributed by atoms with Crippen LogP contribution in [0.15, 0.2) is 17.1 Å². The molecule has 0 aromatic carbocycles. The van der Waals surface area contributed by atoms with Crippen LogP contribution in [-0.4, -0.2) is 41.2 Å². The molecule has 23 heavy (non-hydrogen) atoms. The maximum absolute atomic E-state index is 12.4. The Morgan fingerprint density at radius 2 is 1.96 bits per heavy atom. The van der Waals surface area contributed by atoms with Gasteiger partial charge in [0.15, 0.2) is 0 Å². The van der Waals surface area contributed by atoms with Gasteiger partial charge in [0.25, 0.3) is 5.56 Å². The number of piperidine rings is 1. The van der Waals surface area contributed by atoms with Crippen LogP contribution in [0.25, 0.3) is 0 Å². The number of carbonyl (C=O) groups is 1. The monoisotopic (exact) mass is 331 g/mol. The molecule has 0 bridgehead atoms. The number of hydrogen-bond donors (Lipinski definition) is 1. The van der Waals surface area contributed by atoms with Gasteiger partial charge in [0.05, 0.1) is 6.54 Å². The molecule has 1 saturated heterocycles. The fourth-order valence-corrected chi connectivity index (χ4v) is 2.70. The maximum Gasteiger partial charge on any atom is 0.401 e. The van der Waals surface area contributed by atoms with Crippen molar-refractivity contribution in [2.45, 2.75) is 25.9 Å². The summed E-state index contributed by atoms with van der Waals surface area (Å²) in [5.41, 5.74) is 0.599. The average Bonchev–Trinajstić information content (AvgIpc) is 2.46. The lowest BCUT2D eigenvalue weighted by molar-refractivity contribution is -0.149. The fourth-order valence-electron chi connectivity index (χ4n) is 2.70. The molecule has 1 N–H and O–H groups in total. The summed E-state index contributed by atoms with van der Waals surface area (Å²) in [6, 6.07) is 1.73. The number of anilines is 1. The number of alkyl halides is 3. The smallest absolute Gasteiger partial charge is 0.321 e. The van der Waals surface area contributed by atoms with Gasteiger partial charge < -0.3 is 9.88 Å². The van der Waals surface area contributed by atoms with E-state index in [0.717, 1.165) is 0 Å². The van der Waals surface area contributed by atoms with Crippen LogP contribution < -0.4 is 10.9 Å². The quantitative estimate of drug-likeness (QED) is 0.920. The van der Waals surface area contributed by atoms with Crippen LogP contribution in [0.1, 0.15) is 18.4 Å². The molecule has 2 heterocycles. The molecule has 128 valence electrons. The molecule has 0 saturated carbocycles. The third-order valence-electron chi connectivity index (χ3n) is 4.09. The van der Waals surface area contributed by atoms with Gasteiger partial charge in [-0.3, -0.25) is 14.5 Å². The predicted molar refractivity (Wildman–Crippen MR) is 80.3 cm³/mol. The number of rotatable bonds is 3. The van der Waals surface area contributed by atoms with E-state index in [1.807, 2.05) is 0 Å². The van der Waals surface area contributed by atoms with Crippen LogP contribution in [0.3, 0.4) is 0 Å². The van der Waals surface area contributed by atoms with E-state index in [1.165, 1.54) is 9.47 Å². The Bertz CT molecular complexity index is 632. The second-order valence-electron chi connectivity index (χ2n) is 5.94. The first-order chi connectivity index (χ1) is 10.7. The second kappa shape index (κ2) is 6.74. The summed E-state index contributed by atoms with van der Waals surface area (Å²) >= 11 is 0. The van der Waals surface area contributed by atoms with E-state index in [1.54, 1.807) is 26.2 Å². The van der Waals surface area contributed by atoms with E-state index in [9.17, 15) is 22.8 Å². The number of pyridine rings is 1. The van der Waals surface area contributed by atoms with E-state index in [4.69, 9.17) is 0 Å². The third kappa shape index (κ3) is 4.57. The van der Waals surface area contributed by atoms with E-state index in [0.29, 0.717) is 18.4 Å². The molecule has 1 aromatic rings. The van der Waals surface area contributed by atoms with Crippen LogP contribution in [0.4, 0.5) is 18.9 Å². The standard InChI is InChI=1S/C15H20F3N3O2/c1-10-3-6-20(2)14(23)12(10)19-13(22)11-4-7-21(8-5-11)9-15(16,17)18/h3,6,11H,4-5,7-9H2,1-2H3,(H,19,22). The van der Waals surface area contributed by atoms with Gasteiger partial charge in [-0.05, 0) is 44.5 Å². The zero-order valence-corrected chi connectivity index (χ0v) is 13.1. The molecule has 1 amide bonds. The lowest BCUT2D eigenvalue weighted by Crippen LogP contribution is -2.42. The molecule has 0 unspecified atom stereocenters. The molecule has 5 nitrogen and oxygen atoms in total. The minimum atomic E-state index is -4.22. The fraction of sp³-hybridized carbons (Fsp3) is 0.600. The Morgan fingerprint density at radius 3 is 2.52 bits per heavy atom. The molecule has 1 aliphatic rings. The number of nitrogens with zero attached hydrogens (tertiary/aromatic N) is 2. The highest BCUT2D eigenvalue weighted by molar-refractivity contribution is 5.93. The first-order valence-corrected chi connectivity index (χ1v) is 7.43. The highest BCUT2D eigenvalue weighted by atomic mass is 19.4. The molecule has 0 atom stereocenters. The molecule has 0 radical (unpaired) electrons. The molecular formula is C15H20F3N3O2. The summed E-state index contributed by atoms with van der Waals surface area (Å²) in [6.07, 6.45) is -1.90. The molecule has 1 aliphatic heterocycles. The van der Waals surface area contributed by atoms with Crippen molar-refractivity contribution in [3.05, 3.63) is 28.2 Å². The summed E-state index contributed by atoms with van der Waals surface area (Å²) in [4.78, 5) is 25.6. The molecular weight excluding hydrogens is 311 g/mol. The third-order valence-corrected chi connectivity index (χ3v) is 4.09. The van der Waals surface area contributed by atoms with E-state index in [2.05, 4.69) is 5.32 Å². The summed E-state index contributed by atoms with van der Waals surface area (Å²) in [5.74, 6) is -0.674. The number of likely N-dealkylation sites (tertiary alicyclic amines) is 1. The minimum absolute atomic E-state index is 0.226. The Balaban J connectivity index is 1.96. The highest BCUT2D eigenvalue weighted by Crippen LogP contribution is 2.23. The van der Waals surface area contributed by atoms with Gasteiger partial charge in [-0.25, -0.2) is 0 Å². The van der Waals surface area contributed by atoms with E-state index >= 15 is 0 Å². The summed E-state index contributed by atoms with van der Waals surface area (Å²) in [6.45, 7) is 1.23. The molecule has 0 spiro atoms. The van der Waals surface area contributed by atoms with Crippen molar-refractivity contribution in [3.8, 4) is 0 Å². The summed E-state index contributed by atoms with van der Waals surface area (Å²) in [5, 5.41) is 2.64. The van der Waals surface area contributed by atoms with Gasteiger partial charge in [0.1, 0.15) is 5.69 Å². The SMILES string of the molecule is Cc1ccn(C)c(=O)c1NC(=O)C1CCN(CC(F)(F)F)CC1. The van der Waals surface area contributed by atoms with Crippen molar-refractivity contribution >= 4 is 11.6 Å². The van der Waals surface area contributed by atoms with E-state index in [-0.39, 0.29) is 36.2 Å². The minimum Gasteiger partial charge on any atom is -0.321 e. The van der Waals surface area contributed by atoms with Gasteiger partial charge >= 0.3 is 6.18 Å². The lowest BCUT2D eigenvalue weighted by Gasteiger charge is -2.31. The van der Waals surface area contributed by atoms with Gasteiger partial charge in [-0.15, -0.1) is 0 Å². The van der Waals surface area contributed by atoms with Crippen LogP contribution >= 0.6 is 0 Å². The highest BCUT2D eigenvalue weighted by Gasteiger charge is 2.34. The molecule has 0 aliphatic carbocycles. The van der Waals surface area contributed by atoms with Gasteiger partial charge in [0, 0.05) is 19.2 Å². The van der Waals surface area contributed by atoms with Gasteiger partial charge in [0.2, 0.25) is 5.91 Å².